The summed E-state index contributed by atoms with van der Waals surface area (Å²) in [4.78, 5) is 38.9. The molecule has 0 heterocycles. The summed E-state index contributed by atoms with van der Waals surface area (Å²) in [6.45, 7) is 43.6. The van der Waals surface area contributed by atoms with Crippen LogP contribution in [0.15, 0.2) is 81.4 Å². The van der Waals surface area contributed by atoms with Crippen molar-refractivity contribution in [3.05, 3.63) is 106 Å². The Morgan fingerprint density at radius 2 is 0.814 bits per heavy atom. The number of benzene rings is 4. The summed E-state index contributed by atoms with van der Waals surface area (Å²) in [7, 11) is 0. The summed E-state index contributed by atoms with van der Waals surface area (Å²) >= 11 is 7.40. The normalized spacial score (nSPS) is 11.7. The SMILES string of the molecule is CSc1cc(C)c(NC(=O)OC(C)(C)C)cc1C(C)(C)C.Cc1cc(S)c(C(C)(C)C)cc1NC(=O)OC(C)(C)C.Cc1cc(SC#N)c(C(C)(C)C)cc1NC(=O)OC(C)(C)C.Cc1ccccc1. The van der Waals surface area contributed by atoms with Crippen LogP contribution in [0.1, 0.15) is 164 Å². The number of thiol groups is 1. The van der Waals surface area contributed by atoms with Crippen LogP contribution in [0.5, 0.6) is 0 Å². The Balaban J connectivity index is 0.000000489. The molecule has 0 aliphatic carbocycles. The van der Waals surface area contributed by atoms with Crippen molar-refractivity contribution in [1.82, 2.24) is 0 Å². The van der Waals surface area contributed by atoms with Crippen molar-refractivity contribution < 1.29 is 28.6 Å². The molecule has 0 aromatic heterocycles. The van der Waals surface area contributed by atoms with E-state index in [1.165, 1.54) is 16.0 Å². The molecule has 10 nitrogen and oxygen atoms in total. The van der Waals surface area contributed by atoms with E-state index < -0.39 is 35.1 Å². The number of carbonyl (C=O) groups is 3. The topological polar surface area (TPSA) is 139 Å². The minimum Gasteiger partial charge on any atom is -0.444 e. The van der Waals surface area contributed by atoms with E-state index in [2.05, 4.69) is 134 Å². The molecule has 0 unspecified atom stereocenters. The summed E-state index contributed by atoms with van der Waals surface area (Å²) in [6.07, 6.45) is 0.746. The first-order chi connectivity index (χ1) is 31.7. The van der Waals surface area contributed by atoms with Crippen molar-refractivity contribution in [3.8, 4) is 5.40 Å². The summed E-state index contributed by atoms with van der Waals surface area (Å²) < 4.78 is 15.9. The molecule has 13 heteroatoms. The molecule has 0 aliphatic heterocycles. The Hall–Kier alpha value is -4.77. The van der Waals surface area contributed by atoms with Gasteiger partial charge in [-0.1, -0.05) is 98.2 Å². The second-order valence-electron chi connectivity index (χ2n) is 23.2. The molecule has 0 atom stereocenters. The van der Waals surface area contributed by atoms with Crippen LogP contribution in [0.25, 0.3) is 0 Å². The first kappa shape index (κ1) is 63.2. The molecule has 4 rings (SSSR count). The summed E-state index contributed by atoms with van der Waals surface area (Å²) in [5.41, 5.74) is 8.18. The van der Waals surface area contributed by atoms with Gasteiger partial charge in [-0.3, -0.25) is 16.0 Å². The second-order valence-corrected chi connectivity index (χ2v) is 25.4. The van der Waals surface area contributed by atoms with Gasteiger partial charge in [0.25, 0.3) is 0 Å². The molecule has 0 fully saturated rings. The van der Waals surface area contributed by atoms with Crippen LogP contribution in [0.4, 0.5) is 31.4 Å². The van der Waals surface area contributed by atoms with Crippen molar-refractivity contribution in [2.45, 2.75) is 200 Å². The lowest BCUT2D eigenvalue weighted by atomic mass is 9.86. The molecule has 70 heavy (non-hydrogen) atoms. The number of aryl methyl sites for hydroxylation is 4. The van der Waals surface area contributed by atoms with Gasteiger partial charge in [-0.05, 0) is 194 Å². The number of thiocyanates is 1. The zero-order valence-electron chi connectivity index (χ0n) is 46.5. The zero-order valence-corrected chi connectivity index (χ0v) is 49.0. The molecule has 0 aliphatic rings. The van der Waals surface area contributed by atoms with Gasteiger partial charge in [-0.15, -0.1) is 24.4 Å². The number of thioether (sulfide) groups is 2. The Labute approximate surface area is 436 Å². The molecule has 0 spiro atoms. The second kappa shape index (κ2) is 26.1. The van der Waals surface area contributed by atoms with Crippen molar-refractivity contribution in [1.29, 1.82) is 5.26 Å². The number of ether oxygens (including phenoxy) is 3. The highest BCUT2D eigenvalue weighted by Gasteiger charge is 2.25. The van der Waals surface area contributed by atoms with Crippen LogP contribution in [0.2, 0.25) is 0 Å². The van der Waals surface area contributed by atoms with Gasteiger partial charge in [0.05, 0.1) is 0 Å². The zero-order chi connectivity index (χ0) is 54.4. The monoisotopic (exact) mass is 1020 g/mol. The van der Waals surface area contributed by atoms with Gasteiger partial charge in [0.15, 0.2) is 0 Å². The van der Waals surface area contributed by atoms with Crippen molar-refractivity contribution in [2.24, 2.45) is 0 Å². The number of amides is 3. The molecule has 3 N–H and O–H groups in total. The average Bonchev–Trinajstić information content (AvgIpc) is 3.15. The van der Waals surface area contributed by atoms with Crippen molar-refractivity contribution >= 4 is 71.5 Å². The highest BCUT2D eigenvalue weighted by Crippen LogP contribution is 2.38. The number of hydrogen-bond acceptors (Lipinski definition) is 10. The van der Waals surface area contributed by atoms with E-state index in [1.54, 1.807) is 11.8 Å². The summed E-state index contributed by atoms with van der Waals surface area (Å²) in [5.74, 6) is 0. The van der Waals surface area contributed by atoms with Crippen molar-refractivity contribution in [2.75, 3.05) is 22.2 Å². The van der Waals surface area contributed by atoms with Gasteiger partial charge in [0, 0.05) is 31.7 Å². The number of nitrogens with one attached hydrogen (secondary N) is 3. The largest absolute Gasteiger partial charge is 0.444 e. The summed E-state index contributed by atoms with van der Waals surface area (Å²) in [6, 6.07) is 22.2. The number of hydrogen-bond donors (Lipinski definition) is 4. The van der Waals surface area contributed by atoms with Gasteiger partial charge in [0.1, 0.15) is 22.2 Å². The molecule has 0 saturated carbocycles. The summed E-state index contributed by atoms with van der Waals surface area (Å²) in [5, 5.41) is 19.6. The lowest BCUT2D eigenvalue weighted by Crippen LogP contribution is -2.27. The molecular formula is C57H84N4O6S3. The predicted molar refractivity (Wildman–Crippen MR) is 301 cm³/mol. The Kier molecular flexibility index (Phi) is 23.6. The predicted octanol–water partition coefficient (Wildman–Crippen LogP) is 17.5. The minimum absolute atomic E-state index is 0.0242. The van der Waals surface area contributed by atoms with Crippen LogP contribution in [0.3, 0.4) is 0 Å². The lowest BCUT2D eigenvalue weighted by molar-refractivity contribution is 0.0624. The number of nitrogens with zero attached hydrogens (tertiary/aromatic N) is 1. The first-order valence-electron chi connectivity index (χ1n) is 23.4. The molecule has 4 aromatic carbocycles. The smallest absolute Gasteiger partial charge is 0.412 e. The third-order valence-corrected chi connectivity index (χ3v) is 11.4. The highest BCUT2D eigenvalue weighted by molar-refractivity contribution is 8.03. The van der Waals surface area contributed by atoms with E-state index in [-0.39, 0.29) is 16.2 Å². The fourth-order valence-electron chi connectivity index (χ4n) is 6.31. The molecule has 4 aromatic rings. The molecule has 3 amide bonds. The number of anilines is 3. The molecule has 386 valence electrons. The third-order valence-electron chi connectivity index (χ3n) is 9.64. The number of carbonyl (C=O) groups excluding carboxylic acids is 3. The van der Waals surface area contributed by atoms with Crippen LogP contribution >= 0.6 is 36.2 Å². The fourth-order valence-corrected chi connectivity index (χ4v) is 8.59. The molecule has 0 saturated heterocycles. The molecule has 0 bridgehead atoms. The first-order valence-corrected chi connectivity index (χ1v) is 25.9. The molecular weight excluding hydrogens is 933 g/mol. The van der Waals surface area contributed by atoms with Gasteiger partial charge < -0.3 is 14.2 Å². The van der Waals surface area contributed by atoms with E-state index in [9.17, 15) is 14.4 Å². The van der Waals surface area contributed by atoms with E-state index in [4.69, 9.17) is 19.5 Å². The van der Waals surface area contributed by atoms with E-state index in [0.29, 0.717) is 5.69 Å². The van der Waals surface area contributed by atoms with Crippen LogP contribution in [0, 0.1) is 38.4 Å². The Bertz CT molecular complexity index is 2420. The van der Waals surface area contributed by atoms with Crippen LogP contribution in [-0.4, -0.2) is 41.3 Å². The maximum atomic E-state index is 12.0. The average molecular weight is 1020 g/mol. The quantitative estimate of drug-likeness (QED) is 0.0666. The van der Waals surface area contributed by atoms with Gasteiger partial charge in [0.2, 0.25) is 0 Å². The van der Waals surface area contributed by atoms with Gasteiger partial charge >= 0.3 is 18.3 Å². The maximum absolute atomic E-state index is 12.0. The van der Waals surface area contributed by atoms with Crippen molar-refractivity contribution in [3.63, 3.8) is 0 Å². The number of nitriles is 1. The van der Waals surface area contributed by atoms with Gasteiger partial charge in [-0.25, -0.2) is 14.4 Å². The minimum atomic E-state index is -0.540. The lowest BCUT2D eigenvalue weighted by Gasteiger charge is -2.25. The van der Waals surface area contributed by atoms with Crippen LogP contribution in [-0.2, 0) is 30.5 Å². The van der Waals surface area contributed by atoms with E-state index >= 15 is 0 Å². The van der Waals surface area contributed by atoms with E-state index in [1.807, 2.05) is 126 Å². The maximum Gasteiger partial charge on any atom is 0.412 e. The standard InChI is InChI=1S/C17H24N2O2S.C17H27NO2S.C16H25NO2S.C7H8/c1-11-8-14(22-10-18)12(16(2,3)4)9-13(11)19-15(20)21-17(5,6)7;1-11-9-14(21-8)12(16(2,3)4)10-13(11)18-15(19)20-17(5,6)7;1-10-8-13(20)11(15(2,3)4)9-12(10)17-14(18)19-16(5,6)7;1-7-5-3-2-4-6-7/h8-9H,1-7H3,(H,19,20);9-10H,1-8H3,(H,18,19);8-9,20H,1-7H3,(H,17,18);2-6H,1H3. The Morgan fingerprint density at radius 1 is 0.500 bits per heavy atom. The van der Waals surface area contributed by atoms with Crippen LogP contribution < -0.4 is 16.0 Å². The Morgan fingerprint density at radius 3 is 1.10 bits per heavy atom. The highest BCUT2D eigenvalue weighted by atomic mass is 32.2. The third kappa shape index (κ3) is 23.9. The fraction of sp³-hybridized carbons (Fsp3) is 0.509. The molecule has 0 radical (unpaired) electrons. The number of rotatable bonds is 5. The van der Waals surface area contributed by atoms with Gasteiger partial charge in [-0.2, -0.15) is 5.26 Å². The van der Waals surface area contributed by atoms with E-state index in [0.717, 1.165) is 60.7 Å².